The van der Waals surface area contributed by atoms with Crippen molar-refractivity contribution in [3.05, 3.63) is 34.3 Å². The van der Waals surface area contributed by atoms with Crippen LogP contribution in [0.5, 0.6) is 0 Å². The number of alkyl carbamates (subject to hydrolysis) is 1. The molecule has 0 spiro atoms. The van der Waals surface area contributed by atoms with Gasteiger partial charge in [0.1, 0.15) is 11.6 Å². The minimum atomic E-state index is -0.534. The van der Waals surface area contributed by atoms with Gasteiger partial charge in [0.25, 0.3) is 5.91 Å². The molecule has 164 valence electrons. The average Bonchev–Trinajstić information content (AvgIpc) is 3.16. The number of nitrogens with one attached hydrogen (secondary N) is 1. The van der Waals surface area contributed by atoms with Crippen molar-refractivity contribution in [1.29, 1.82) is 0 Å². The highest BCUT2D eigenvalue weighted by atomic mass is 79.9. The lowest BCUT2D eigenvalue weighted by atomic mass is 10.0. The fourth-order valence-corrected chi connectivity index (χ4v) is 4.22. The Morgan fingerprint density at radius 2 is 1.67 bits per heavy atom. The van der Waals surface area contributed by atoms with E-state index in [0.29, 0.717) is 44.5 Å². The fraction of sp³-hybridized carbons (Fsp3) is 0.591. The summed E-state index contributed by atoms with van der Waals surface area (Å²) in [5.41, 5.74) is 0.0619. The highest BCUT2D eigenvalue weighted by Crippen LogP contribution is 2.24. The van der Waals surface area contributed by atoms with Crippen LogP contribution in [0.1, 0.15) is 56.8 Å². The van der Waals surface area contributed by atoms with Crippen molar-refractivity contribution in [2.75, 3.05) is 19.6 Å². The normalized spacial score (nSPS) is 20.2. The Labute approximate surface area is 186 Å². The zero-order valence-corrected chi connectivity index (χ0v) is 19.4. The maximum Gasteiger partial charge on any atom is 0.407 e. The maximum atomic E-state index is 13.1. The van der Waals surface area contributed by atoms with Gasteiger partial charge in [-0.3, -0.25) is 9.59 Å². The lowest BCUT2D eigenvalue weighted by Gasteiger charge is -2.36. The molecule has 8 heteroatoms. The third-order valence-corrected chi connectivity index (χ3v) is 5.95. The summed E-state index contributed by atoms with van der Waals surface area (Å²) in [6.07, 6.45) is 2.46. The summed E-state index contributed by atoms with van der Waals surface area (Å²) in [6.45, 7) is 7.22. The highest BCUT2D eigenvalue weighted by Gasteiger charge is 2.38. The minimum Gasteiger partial charge on any atom is -0.444 e. The molecule has 7 nitrogen and oxygen atoms in total. The molecule has 1 unspecified atom stereocenters. The predicted octanol–water partition coefficient (Wildman–Crippen LogP) is 3.57. The van der Waals surface area contributed by atoms with Gasteiger partial charge in [0.05, 0.1) is 0 Å². The van der Waals surface area contributed by atoms with Crippen molar-refractivity contribution in [3.63, 3.8) is 0 Å². The molecule has 2 heterocycles. The van der Waals surface area contributed by atoms with Gasteiger partial charge < -0.3 is 19.9 Å². The lowest BCUT2D eigenvalue weighted by Crippen LogP contribution is -2.52. The number of ether oxygens (including phenoxy) is 1. The first-order valence-electron chi connectivity index (χ1n) is 10.5. The highest BCUT2D eigenvalue weighted by molar-refractivity contribution is 9.10. The van der Waals surface area contributed by atoms with Gasteiger partial charge in [-0.05, 0) is 70.7 Å². The van der Waals surface area contributed by atoms with E-state index in [1.807, 2.05) is 37.8 Å². The Morgan fingerprint density at radius 3 is 2.27 bits per heavy atom. The predicted molar refractivity (Wildman–Crippen MR) is 117 cm³/mol. The molecule has 0 saturated carbocycles. The van der Waals surface area contributed by atoms with Crippen LogP contribution in [0.4, 0.5) is 4.79 Å². The summed E-state index contributed by atoms with van der Waals surface area (Å²) in [6, 6.07) is 6.82. The number of carbonyl (C=O) groups excluding carboxylic acids is 3. The number of hydrogen-bond donors (Lipinski definition) is 1. The summed E-state index contributed by atoms with van der Waals surface area (Å²) < 4.78 is 6.22. The monoisotopic (exact) mass is 479 g/mol. The van der Waals surface area contributed by atoms with E-state index in [9.17, 15) is 14.4 Å². The van der Waals surface area contributed by atoms with Gasteiger partial charge in [0.2, 0.25) is 5.91 Å². The van der Waals surface area contributed by atoms with Gasteiger partial charge in [-0.25, -0.2) is 4.79 Å². The van der Waals surface area contributed by atoms with Crippen LogP contribution >= 0.6 is 15.9 Å². The van der Waals surface area contributed by atoms with Crippen molar-refractivity contribution >= 4 is 33.8 Å². The first kappa shape index (κ1) is 22.6. The molecule has 2 aliphatic rings. The average molecular weight is 480 g/mol. The van der Waals surface area contributed by atoms with Crippen LogP contribution in [-0.4, -0.2) is 65.0 Å². The maximum absolute atomic E-state index is 13.1. The Hall–Kier alpha value is -2.09. The van der Waals surface area contributed by atoms with Crippen molar-refractivity contribution in [3.8, 4) is 0 Å². The Kier molecular flexibility index (Phi) is 7.06. The number of hydrogen-bond acceptors (Lipinski definition) is 4. The van der Waals surface area contributed by atoms with Crippen LogP contribution in [0, 0.1) is 0 Å². The van der Waals surface area contributed by atoms with Gasteiger partial charge in [0, 0.05) is 35.7 Å². The van der Waals surface area contributed by atoms with Crippen molar-refractivity contribution in [2.24, 2.45) is 0 Å². The minimum absolute atomic E-state index is 0.00650. The van der Waals surface area contributed by atoms with Crippen LogP contribution in [-0.2, 0) is 9.53 Å². The first-order chi connectivity index (χ1) is 14.1. The summed E-state index contributed by atoms with van der Waals surface area (Å²) in [7, 11) is 0. The first-order valence-corrected chi connectivity index (χ1v) is 11.3. The van der Waals surface area contributed by atoms with Crippen molar-refractivity contribution in [2.45, 2.75) is 64.1 Å². The SMILES string of the molecule is CC(C)(C)OC(=O)NC1CCN(C(=O)C2CCCN2C(=O)c2ccc(Br)cc2)CC1. The molecule has 1 N–H and O–H groups in total. The van der Waals surface area contributed by atoms with E-state index in [0.717, 1.165) is 10.9 Å². The molecule has 3 rings (SSSR count). The largest absolute Gasteiger partial charge is 0.444 e. The lowest BCUT2D eigenvalue weighted by molar-refractivity contribution is -0.136. The van der Waals surface area contributed by atoms with Crippen LogP contribution in [0.15, 0.2) is 28.7 Å². The second kappa shape index (κ2) is 9.37. The summed E-state index contributed by atoms with van der Waals surface area (Å²) >= 11 is 3.38. The number of rotatable bonds is 3. The van der Waals surface area contributed by atoms with Gasteiger partial charge in [0.15, 0.2) is 0 Å². The smallest absolute Gasteiger partial charge is 0.407 e. The number of halogens is 1. The molecule has 0 aromatic heterocycles. The molecular weight excluding hydrogens is 450 g/mol. The molecule has 2 aliphatic heterocycles. The molecular formula is C22H30BrN3O4. The Morgan fingerprint density at radius 1 is 1.03 bits per heavy atom. The zero-order valence-electron chi connectivity index (χ0n) is 17.8. The second-order valence-corrected chi connectivity index (χ2v) is 9.82. The Bertz CT molecular complexity index is 783. The molecule has 0 bridgehead atoms. The Balaban J connectivity index is 1.54. The standard InChI is InChI=1S/C22H30BrN3O4/c1-22(2,3)30-21(29)24-17-10-13-25(14-11-17)20(28)18-5-4-12-26(18)19(27)15-6-8-16(23)9-7-15/h6-9,17-18H,4-5,10-14H2,1-3H3,(H,24,29). The van der Waals surface area contributed by atoms with Gasteiger partial charge in [-0.2, -0.15) is 0 Å². The fourth-order valence-electron chi connectivity index (χ4n) is 3.95. The molecule has 2 fully saturated rings. The van der Waals surface area contributed by atoms with E-state index in [4.69, 9.17) is 4.74 Å². The molecule has 3 amide bonds. The van der Waals surface area contributed by atoms with Crippen LogP contribution in [0.3, 0.4) is 0 Å². The van der Waals surface area contributed by atoms with E-state index >= 15 is 0 Å². The summed E-state index contributed by atoms with van der Waals surface area (Å²) in [5, 5.41) is 2.89. The van der Waals surface area contributed by atoms with Crippen molar-refractivity contribution < 1.29 is 19.1 Å². The van der Waals surface area contributed by atoms with Crippen LogP contribution < -0.4 is 5.32 Å². The van der Waals surface area contributed by atoms with E-state index < -0.39 is 17.7 Å². The van der Waals surface area contributed by atoms with Gasteiger partial charge in [-0.1, -0.05) is 15.9 Å². The third-order valence-electron chi connectivity index (χ3n) is 5.42. The van der Waals surface area contributed by atoms with Gasteiger partial charge >= 0.3 is 6.09 Å². The third kappa shape index (κ3) is 5.74. The molecule has 1 aromatic rings. The van der Waals surface area contributed by atoms with E-state index in [1.165, 1.54) is 0 Å². The molecule has 0 radical (unpaired) electrons. The second-order valence-electron chi connectivity index (χ2n) is 8.91. The number of likely N-dealkylation sites (tertiary alicyclic amines) is 2. The number of nitrogens with zero attached hydrogens (tertiary/aromatic N) is 2. The number of piperidine rings is 1. The van der Waals surface area contributed by atoms with Crippen LogP contribution in [0.25, 0.3) is 0 Å². The van der Waals surface area contributed by atoms with E-state index in [-0.39, 0.29) is 17.9 Å². The summed E-state index contributed by atoms with van der Waals surface area (Å²) in [5.74, 6) is -0.0893. The summed E-state index contributed by atoms with van der Waals surface area (Å²) in [4.78, 5) is 41.5. The molecule has 1 aromatic carbocycles. The topological polar surface area (TPSA) is 79.0 Å². The van der Waals surface area contributed by atoms with Crippen LogP contribution in [0.2, 0.25) is 0 Å². The van der Waals surface area contributed by atoms with E-state index in [1.54, 1.807) is 17.0 Å². The number of benzene rings is 1. The number of amides is 3. The molecule has 2 saturated heterocycles. The molecule has 30 heavy (non-hydrogen) atoms. The zero-order chi connectivity index (χ0) is 21.9. The van der Waals surface area contributed by atoms with Gasteiger partial charge in [-0.15, -0.1) is 0 Å². The molecule has 1 atom stereocenters. The quantitative estimate of drug-likeness (QED) is 0.718. The van der Waals surface area contributed by atoms with Crippen molar-refractivity contribution in [1.82, 2.24) is 15.1 Å². The van der Waals surface area contributed by atoms with E-state index in [2.05, 4.69) is 21.2 Å². The number of carbonyl (C=O) groups is 3. The molecule has 0 aliphatic carbocycles.